The van der Waals surface area contributed by atoms with Gasteiger partial charge in [-0.25, -0.2) is 9.37 Å². The molecule has 0 bridgehead atoms. The van der Waals surface area contributed by atoms with Gasteiger partial charge in [0, 0.05) is 17.8 Å². The number of aliphatic carboxylic acids is 1. The molecule has 5 nitrogen and oxygen atoms in total. The standard InChI is InChI=1S/C17H19FN2O3S/c1-11(2)20(9-17(22)23)16(21)8-14-10-24-15(19-14)7-12-3-5-13(18)6-4-12/h3-6,10-11H,7-9H2,1-2H3,(H,22,23). The van der Waals surface area contributed by atoms with Crippen molar-refractivity contribution in [2.24, 2.45) is 0 Å². The molecule has 128 valence electrons. The summed E-state index contributed by atoms with van der Waals surface area (Å²) < 4.78 is 12.9. The number of nitrogens with zero attached hydrogens (tertiary/aromatic N) is 2. The van der Waals surface area contributed by atoms with Gasteiger partial charge in [-0.05, 0) is 31.5 Å². The maximum Gasteiger partial charge on any atom is 0.323 e. The smallest absolute Gasteiger partial charge is 0.323 e. The molecule has 2 aromatic rings. The Morgan fingerprint density at radius 3 is 2.54 bits per heavy atom. The minimum Gasteiger partial charge on any atom is -0.480 e. The van der Waals surface area contributed by atoms with Crippen LogP contribution in [0.15, 0.2) is 29.6 Å². The summed E-state index contributed by atoms with van der Waals surface area (Å²) in [5, 5.41) is 11.5. The fourth-order valence-electron chi connectivity index (χ4n) is 2.25. The first-order chi connectivity index (χ1) is 11.3. The van der Waals surface area contributed by atoms with Crippen molar-refractivity contribution >= 4 is 23.2 Å². The molecule has 0 saturated carbocycles. The SMILES string of the molecule is CC(C)N(CC(=O)O)C(=O)Cc1csc(Cc2ccc(F)cc2)n1. The summed E-state index contributed by atoms with van der Waals surface area (Å²) >= 11 is 1.43. The molecule has 0 radical (unpaired) electrons. The summed E-state index contributed by atoms with van der Waals surface area (Å²) in [6.45, 7) is 3.24. The summed E-state index contributed by atoms with van der Waals surface area (Å²) in [4.78, 5) is 28.9. The van der Waals surface area contributed by atoms with Gasteiger partial charge in [0.25, 0.3) is 0 Å². The highest BCUT2D eigenvalue weighted by Gasteiger charge is 2.21. The molecule has 0 unspecified atom stereocenters. The number of halogens is 1. The molecule has 1 aromatic heterocycles. The molecule has 1 heterocycles. The predicted molar refractivity (Wildman–Crippen MR) is 89.5 cm³/mol. The first kappa shape index (κ1) is 18.1. The zero-order valence-corrected chi connectivity index (χ0v) is 14.3. The summed E-state index contributed by atoms with van der Waals surface area (Å²) in [5.74, 6) is -1.57. The van der Waals surface area contributed by atoms with Crippen LogP contribution in [-0.2, 0) is 22.4 Å². The molecule has 0 saturated heterocycles. The molecule has 0 atom stereocenters. The monoisotopic (exact) mass is 350 g/mol. The Morgan fingerprint density at radius 1 is 1.29 bits per heavy atom. The number of hydrogen-bond donors (Lipinski definition) is 1. The minimum absolute atomic E-state index is 0.0748. The van der Waals surface area contributed by atoms with Crippen molar-refractivity contribution in [1.82, 2.24) is 9.88 Å². The molecular formula is C17H19FN2O3S. The topological polar surface area (TPSA) is 70.5 Å². The summed E-state index contributed by atoms with van der Waals surface area (Å²) in [6.07, 6.45) is 0.646. The van der Waals surface area contributed by atoms with E-state index in [0.717, 1.165) is 10.6 Å². The lowest BCUT2D eigenvalue weighted by atomic mass is 10.1. The van der Waals surface area contributed by atoms with Crippen molar-refractivity contribution in [1.29, 1.82) is 0 Å². The average molecular weight is 350 g/mol. The van der Waals surface area contributed by atoms with Crippen molar-refractivity contribution in [3.05, 3.63) is 51.7 Å². The number of carboxylic acid groups (broad SMARTS) is 1. The van der Waals surface area contributed by atoms with E-state index in [1.807, 2.05) is 0 Å². The molecule has 0 aliphatic heterocycles. The lowest BCUT2D eigenvalue weighted by molar-refractivity contribution is -0.145. The van der Waals surface area contributed by atoms with Gasteiger partial charge in [0.05, 0.1) is 17.1 Å². The number of rotatable bonds is 7. The molecule has 0 fully saturated rings. The van der Waals surface area contributed by atoms with Gasteiger partial charge in [-0.1, -0.05) is 12.1 Å². The molecule has 24 heavy (non-hydrogen) atoms. The van der Waals surface area contributed by atoms with Gasteiger partial charge in [0.2, 0.25) is 5.91 Å². The Kier molecular flexibility index (Phi) is 6.03. The Morgan fingerprint density at radius 2 is 1.96 bits per heavy atom. The van der Waals surface area contributed by atoms with E-state index in [4.69, 9.17) is 5.11 Å². The zero-order valence-electron chi connectivity index (χ0n) is 13.5. The van der Waals surface area contributed by atoms with Crippen molar-refractivity contribution < 1.29 is 19.1 Å². The van der Waals surface area contributed by atoms with E-state index in [-0.39, 0.29) is 30.7 Å². The Labute approximate surface area is 143 Å². The Balaban J connectivity index is 2.00. The van der Waals surface area contributed by atoms with Crippen LogP contribution in [0, 0.1) is 5.82 Å². The van der Waals surface area contributed by atoms with E-state index >= 15 is 0 Å². The quantitative estimate of drug-likeness (QED) is 0.833. The third kappa shape index (κ3) is 5.13. The number of benzene rings is 1. The molecule has 7 heteroatoms. The van der Waals surface area contributed by atoms with Gasteiger partial charge in [-0.2, -0.15) is 0 Å². The minimum atomic E-state index is -1.03. The van der Waals surface area contributed by atoms with Gasteiger partial charge in [-0.15, -0.1) is 11.3 Å². The fourth-order valence-corrected chi connectivity index (χ4v) is 3.08. The first-order valence-electron chi connectivity index (χ1n) is 7.54. The summed E-state index contributed by atoms with van der Waals surface area (Å²) in [5.41, 5.74) is 1.57. The second-order valence-electron chi connectivity index (χ2n) is 5.72. The van der Waals surface area contributed by atoms with Gasteiger partial charge >= 0.3 is 5.97 Å². The third-order valence-electron chi connectivity index (χ3n) is 3.45. The maximum absolute atomic E-state index is 12.9. The third-order valence-corrected chi connectivity index (χ3v) is 4.35. The second-order valence-corrected chi connectivity index (χ2v) is 6.66. The van der Waals surface area contributed by atoms with Gasteiger partial charge in [0.1, 0.15) is 12.4 Å². The van der Waals surface area contributed by atoms with Crippen LogP contribution in [0.3, 0.4) is 0 Å². The highest BCUT2D eigenvalue weighted by atomic mass is 32.1. The molecular weight excluding hydrogens is 331 g/mol. The van der Waals surface area contributed by atoms with Crippen LogP contribution >= 0.6 is 11.3 Å². The summed E-state index contributed by atoms with van der Waals surface area (Å²) in [7, 11) is 0. The van der Waals surface area contributed by atoms with Crippen molar-refractivity contribution in [3.63, 3.8) is 0 Å². The largest absolute Gasteiger partial charge is 0.480 e. The van der Waals surface area contributed by atoms with E-state index in [2.05, 4.69) is 4.98 Å². The Hall–Kier alpha value is -2.28. The van der Waals surface area contributed by atoms with Crippen molar-refractivity contribution in [3.8, 4) is 0 Å². The molecule has 0 spiro atoms. The number of hydrogen-bond acceptors (Lipinski definition) is 4. The van der Waals surface area contributed by atoms with E-state index in [9.17, 15) is 14.0 Å². The lowest BCUT2D eigenvalue weighted by Gasteiger charge is -2.24. The molecule has 2 rings (SSSR count). The molecule has 0 aliphatic carbocycles. The van der Waals surface area contributed by atoms with Gasteiger partial charge in [0.15, 0.2) is 0 Å². The number of amides is 1. The molecule has 1 amide bonds. The van der Waals surface area contributed by atoms with Crippen molar-refractivity contribution in [2.45, 2.75) is 32.7 Å². The zero-order chi connectivity index (χ0) is 17.7. The number of aromatic nitrogens is 1. The van der Waals surface area contributed by atoms with Crippen LogP contribution in [-0.4, -0.2) is 39.5 Å². The van der Waals surface area contributed by atoms with E-state index in [0.29, 0.717) is 12.1 Å². The van der Waals surface area contributed by atoms with Crippen LogP contribution in [0.4, 0.5) is 4.39 Å². The van der Waals surface area contributed by atoms with Crippen molar-refractivity contribution in [2.75, 3.05) is 6.54 Å². The van der Waals surface area contributed by atoms with E-state index in [1.165, 1.54) is 28.4 Å². The van der Waals surface area contributed by atoms with Crippen LogP contribution in [0.5, 0.6) is 0 Å². The fraction of sp³-hybridized carbons (Fsp3) is 0.353. The van der Waals surface area contributed by atoms with Crippen LogP contribution < -0.4 is 0 Å². The first-order valence-corrected chi connectivity index (χ1v) is 8.42. The highest BCUT2D eigenvalue weighted by molar-refractivity contribution is 7.09. The van der Waals surface area contributed by atoms with Gasteiger partial charge < -0.3 is 10.0 Å². The number of carboxylic acids is 1. The molecule has 1 aromatic carbocycles. The number of carbonyl (C=O) groups excluding carboxylic acids is 1. The van der Waals surface area contributed by atoms with E-state index in [1.54, 1.807) is 31.4 Å². The maximum atomic E-state index is 12.9. The average Bonchev–Trinajstić information content (AvgIpc) is 2.93. The van der Waals surface area contributed by atoms with Crippen LogP contribution in [0.2, 0.25) is 0 Å². The van der Waals surface area contributed by atoms with Crippen LogP contribution in [0.1, 0.15) is 30.1 Å². The number of thiazole rings is 1. The van der Waals surface area contributed by atoms with E-state index < -0.39 is 5.97 Å². The lowest BCUT2D eigenvalue weighted by Crippen LogP contribution is -2.41. The molecule has 0 aliphatic rings. The summed E-state index contributed by atoms with van der Waals surface area (Å²) in [6, 6.07) is 6.02. The Bertz CT molecular complexity index is 713. The van der Waals surface area contributed by atoms with Gasteiger partial charge in [-0.3, -0.25) is 9.59 Å². The van der Waals surface area contributed by atoms with Crippen LogP contribution in [0.25, 0.3) is 0 Å². The normalized spacial score (nSPS) is 10.8. The number of carbonyl (C=O) groups is 2. The molecule has 1 N–H and O–H groups in total. The second kappa shape index (κ2) is 8.01. The predicted octanol–water partition coefficient (Wildman–Crippen LogP) is 2.74. The highest BCUT2D eigenvalue weighted by Crippen LogP contribution is 2.16.